The first kappa shape index (κ1) is 18.1. The van der Waals surface area contributed by atoms with Crippen molar-refractivity contribution in [3.05, 3.63) is 34.4 Å². The smallest absolute Gasteiger partial charge is 0.409 e. The number of benzene rings is 1. The van der Waals surface area contributed by atoms with E-state index in [1.807, 2.05) is 0 Å². The van der Waals surface area contributed by atoms with Gasteiger partial charge in [0.05, 0.1) is 16.4 Å². The number of nitrogens with zero attached hydrogens (tertiary/aromatic N) is 3. The Morgan fingerprint density at radius 1 is 1.29 bits per heavy atom. The van der Waals surface area contributed by atoms with Crippen LogP contribution >= 0.6 is 0 Å². The van der Waals surface area contributed by atoms with Gasteiger partial charge < -0.3 is 9.64 Å². The second kappa shape index (κ2) is 7.58. The van der Waals surface area contributed by atoms with Crippen LogP contribution in [0.25, 0.3) is 0 Å². The third-order valence-electron chi connectivity index (χ3n) is 3.65. The molecule has 1 saturated heterocycles. The van der Waals surface area contributed by atoms with Gasteiger partial charge in [0.2, 0.25) is 10.0 Å². The predicted molar refractivity (Wildman–Crippen MR) is 85.1 cm³/mol. The van der Waals surface area contributed by atoms with Crippen LogP contribution in [0.2, 0.25) is 0 Å². The molecule has 1 amide bonds. The number of nitro groups is 1. The fourth-order valence-electron chi connectivity index (χ4n) is 2.44. The van der Waals surface area contributed by atoms with Crippen molar-refractivity contribution in [2.45, 2.75) is 18.2 Å². The Kier molecular flexibility index (Phi) is 5.73. The van der Waals surface area contributed by atoms with Crippen LogP contribution in [0.3, 0.4) is 0 Å². The molecule has 0 N–H and O–H groups in total. The first-order chi connectivity index (χ1) is 11.4. The molecule has 0 atom stereocenters. The topological polar surface area (TPSA) is 110 Å². The highest BCUT2D eigenvalue weighted by molar-refractivity contribution is 7.89. The Labute approximate surface area is 140 Å². The Balaban J connectivity index is 2.17. The quantitative estimate of drug-likeness (QED) is 0.596. The monoisotopic (exact) mass is 357 g/mol. The minimum Gasteiger partial charge on any atom is -0.450 e. The second-order valence-electron chi connectivity index (χ2n) is 5.20. The Hall–Kier alpha value is -2.20. The average molecular weight is 357 g/mol. The molecule has 0 aliphatic carbocycles. The molecule has 0 aromatic heterocycles. The first-order valence-corrected chi connectivity index (χ1v) is 8.96. The molecule has 1 aliphatic rings. The number of carbonyl (C=O) groups is 1. The van der Waals surface area contributed by atoms with Gasteiger partial charge in [-0.05, 0) is 19.4 Å². The van der Waals surface area contributed by atoms with Gasteiger partial charge in [0.1, 0.15) is 0 Å². The van der Waals surface area contributed by atoms with E-state index in [1.54, 1.807) is 6.92 Å². The molecule has 132 valence electrons. The van der Waals surface area contributed by atoms with Crippen molar-refractivity contribution in [1.29, 1.82) is 0 Å². The van der Waals surface area contributed by atoms with Crippen molar-refractivity contribution in [1.82, 2.24) is 9.21 Å². The predicted octanol–water partition coefficient (Wildman–Crippen LogP) is 1.45. The summed E-state index contributed by atoms with van der Waals surface area (Å²) in [7, 11) is -3.85. The van der Waals surface area contributed by atoms with Crippen molar-refractivity contribution < 1.29 is 22.9 Å². The molecule has 24 heavy (non-hydrogen) atoms. The number of carbonyl (C=O) groups excluding carboxylic acids is 1. The molecule has 1 aliphatic heterocycles. The van der Waals surface area contributed by atoms with E-state index in [2.05, 4.69) is 0 Å². The number of non-ortho nitro benzene ring substituents is 1. The number of hydrogen-bond donors (Lipinski definition) is 0. The van der Waals surface area contributed by atoms with Gasteiger partial charge in [-0.3, -0.25) is 10.1 Å². The van der Waals surface area contributed by atoms with E-state index in [9.17, 15) is 23.3 Å². The van der Waals surface area contributed by atoms with Crippen LogP contribution in [-0.4, -0.2) is 61.4 Å². The van der Waals surface area contributed by atoms with Crippen molar-refractivity contribution in [3.8, 4) is 0 Å². The van der Waals surface area contributed by atoms with Gasteiger partial charge in [0.25, 0.3) is 5.69 Å². The molecule has 0 unspecified atom stereocenters. The molecule has 10 heteroatoms. The molecule has 0 spiro atoms. The van der Waals surface area contributed by atoms with E-state index in [0.717, 1.165) is 6.07 Å². The second-order valence-corrected chi connectivity index (χ2v) is 7.14. The summed E-state index contributed by atoms with van der Waals surface area (Å²) in [6.07, 6.45) is -0.000402. The van der Waals surface area contributed by atoms with Crippen LogP contribution < -0.4 is 0 Å². The van der Waals surface area contributed by atoms with Crippen LogP contribution in [0.5, 0.6) is 0 Å². The number of nitro benzene ring substituents is 1. The highest BCUT2D eigenvalue weighted by Crippen LogP contribution is 2.22. The van der Waals surface area contributed by atoms with Gasteiger partial charge in [0.15, 0.2) is 0 Å². The van der Waals surface area contributed by atoms with Gasteiger partial charge in [-0.1, -0.05) is 6.07 Å². The lowest BCUT2D eigenvalue weighted by atomic mass is 10.3. The van der Waals surface area contributed by atoms with E-state index in [1.165, 1.54) is 27.4 Å². The largest absolute Gasteiger partial charge is 0.450 e. The van der Waals surface area contributed by atoms with Crippen LogP contribution in [-0.2, 0) is 14.8 Å². The minimum atomic E-state index is -3.85. The Morgan fingerprint density at radius 2 is 2.04 bits per heavy atom. The van der Waals surface area contributed by atoms with E-state index in [4.69, 9.17) is 4.74 Å². The molecule has 1 fully saturated rings. The van der Waals surface area contributed by atoms with Crippen LogP contribution in [0.4, 0.5) is 10.5 Å². The summed E-state index contributed by atoms with van der Waals surface area (Å²) in [6.45, 7) is 2.93. The maximum absolute atomic E-state index is 12.7. The molecule has 0 bridgehead atoms. The molecule has 9 nitrogen and oxygen atoms in total. The summed E-state index contributed by atoms with van der Waals surface area (Å²) >= 11 is 0. The molecule has 1 aromatic carbocycles. The highest BCUT2D eigenvalue weighted by atomic mass is 32.2. The standard InChI is InChI=1S/C14H19N3O6S/c1-2-23-14(18)15-7-4-8-16(10-9-15)24(21,22)13-6-3-5-12(11-13)17(19)20/h3,5-6,11H,2,4,7-10H2,1H3. The van der Waals surface area contributed by atoms with Gasteiger partial charge in [-0.25, -0.2) is 13.2 Å². The minimum absolute atomic E-state index is 0.115. The molecular weight excluding hydrogens is 338 g/mol. The molecule has 1 aromatic rings. The fourth-order valence-corrected chi connectivity index (χ4v) is 3.95. The Morgan fingerprint density at radius 3 is 2.71 bits per heavy atom. The molecule has 0 radical (unpaired) electrons. The SMILES string of the molecule is CCOC(=O)N1CCCN(S(=O)(=O)c2cccc([N+](=O)[O-])c2)CC1. The lowest BCUT2D eigenvalue weighted by molar-refractivity contribution is -0.385. The first-order valence-electron chi connectivity index (χ1n) is 7.52. The Bertz CT molecular complexity index is 721. The summed E-state index contributed by atoms with van der Waals surface area (Å²) in [5.41, 5.74) is -0.279. The molecular formula is C14H19N3O6S. The summed E-state index contributed by atoms with van der Waals surface area (Å²) in [5, 5.41) is 10.8. The van der Waals surface area contributed by atoms with E-state index in [0.29, 0.717) is 13.0 Å². The lowest BCUT2D eigenvalue weighted by Crippen LogP contribution is -2.37. The summed E-state index contributed by atoms with van der Waals surface area (Å²) in [6, 6.07) is 4.96. The van der Waals surface area contributed by atoms with Gasteiger partial charge in [0, 0.05) is 38.3 Å². The van der Waals surface area contributed by atoms with Crippen LogP contribution in [0, 0.1) is 10.1 Å². The summed E-state index contributed by atoms with van der Waals surface area (Å²) in [5.74, 6) is 0. The van der Waals surface area contributed by atoms with Crippen LogP contribution in [0.1, 0.15) is 13.3 Å². The van der Waals surface area contributed by atoms with Gasteiger partial charge in [-0.15, -0.1) is 0 Å². The maximum Gasteiger partial charge on any atom is 0.409 e. The number of rotatable bonds is 4. The highest BCUT2D eigenvalue weighted by Gasteiger charge is 2.29. The fraction of sp³-hybridized carbons (Fsp3) is 0.500. The number of hydrogen-bond acceptors (Lipinski definition) is 6. The lowest BCUT2D eigenvalue weighted by Gasteiger charge is -2.21. The number of amides is 1. The van der Waals surface area contributed by atoms with Crippen molar-refractivity contribution in [2.75, 3.05) is 32.8 Å². The van der Waals surface area contributed by atoms with Gasteiger partial charge >= 0.3 is 6.09 Å². The zero-order valence-electron chi connectivity index (χ0n) is 13.3. The van der Waals surface area contributed by atoms with E-state index in [-0.39, 0.29) is 36.8 Å². The normalized spacial score (nSPS) is 16.5. The van der Waals surface area contributed by atoms with E-state index >= 15 is 0 Å². The van der Waals surface area contributed by atoms with Crippen molar-refractivity contribution >= 4 is 21.8 Å². The molecule has 1 heterocycles. The average Bonchev–Trinajstić information content (AvgIpc) is 2.81. The van der Waals surface area contributed by atoms with Gasteiger partial charge in [-0.2, -0.15) is 4.31 Å². The van der Waals surface area contributed by atoms with Crippen LogP contribution in [0.15, 0.2) is 29.2 Å². The summed E-state index contributed by atoms with van der Waals surface area (Å²) in [4.78, 5) is 23.3. The number of sulfonamides is 1. The number of ether oxygens (including phenoxy) is 1. The zero-order chi connectivity index (χ0) is 17.7. The maximum atomic E-state index is 12.7. The zero-order valence-corrected chi connectivity index (χ0v) is 14.1. The van der Waals surface area contributed by atoms with Crippen molar-refractivity contribution in [2.24, 2.45) is 0 Å². The molecule has 2 rings (SSSR count). The third-order valence-corrected chi connectivity index (χ3v) is 5.54. The van der Waals surface area contributed by atoms with E-state index < -0.39 is 21.0 Å². The van der Waals surface area contributed by atoms with Crippen molar-refractivity contribution in [3.63, 3.8) is 0 Å². The third kappa shape index (κ3) is 4.01. The summed E-state index contributed by atoms with van der Waals surface area (Å²) < 4.78 is 31.5. The molecule has 0 saturated carbocycles.